The van der Waals surface area contributed by atoms with Crippen molar-refractivity contribution >= 4 is 23.1 Å². The minimum absolute atomic E-state index is 0.0817. The number of likely N-dealkylation sites (tertiary alicyclic amines) is 1. The van der Waals surface area contributed by atoms with E-state index >= 15 is 0 Å². The second-order valence-electron chi connectivity index (χ2n) is 7.06. The SMILES string of the molecule is COCCCN1C(=O)C(=O)C(=C(O)c2ccc(C)cc2)[C@@H]1c1cccc([N+](=O)[O-])c1. The minimum Gasteiger partial charge on any atom is -0.507 e. The van der Waals surface area contributed by atoms with Crippen LogP contribution in [0.5, 0.6) is 0 Å². The zero-order valence-corrected chi connectivity index (χ0v) is 16.7. The number of aliphatic hydroxyl groups excluding tert-OH is 1. The van der Waals surface area contributed by atoms with Gasteiger partial charge in [0.1, 0.15) is 5.76 Å². The first-order valence-electron chi connectivity index (χ1n) is 9.44. The highest BCUT2D eigenvalue weighted by Crippen LogP contribution is 2.40. The average Bonchev–Trinajstić information content (AvgIpc) is 2.99. The van der Waals surface area contributed by atoms with Gasteiger partial charge in [-0.1, -0.05) is 42.0 Å². The van der Waals surface area contributed by atoms with E-state index in [1.165, 1.54) is 30.2 Å². The van der Waals surface area contributed by atoms with Gasteiger partial charge in [-0.25, -0.2) is 0 Å². The lowest BCUT2D eigenvalue weighted by molar-refractivity contribution is -0.384. The maximum atomic E-state index is 12.9. The lowest BCUT2D eigenvalue weighted by Crippen LogP contribution is -2.31. The highest BCUT2D eigenvalue weighted by atomic mass is 16.6. The number of methoxy groups -OCH3 is 1. The third kappa shape index (κ3) is 4.08. The normalized spacial score (nSPS) is 18.1. The van der Waals surface area contributed by atoms with E-state index in [-0.39, 0.29) is 23.6 Å². The van der Waals surface area contributed by atoms with Gasteiger partial charge in [0.05, 0.1) is 16.5 Å². The highest BCUT2D eigenvalue weighted by molar-refractivity contribution is 6.46. The average molecular weight is 410 g/mol. The third-order valence-corrected chi connectivity index (χ3v) is 5.01. The van der Waals surface area contributed by atoms with Crippen molar-refractivity contribution in [3.05, 3.63) is 80.9 Å². The molecule has 8 heteroatoms. The number of Topliss-reactive ketones (excluding diaryl/α,β-unsaturated/α-hetero) is 1. The largest absolute Gasteiger partial charge is 0.507 e. The van der Waals surface area contributed by atoms with Crippen LogP contribution in [0.15, 0.2) is 54.1 Å². The summed E-state index contributed by atoms with van der Waals surface area (Å²) in [6.07, 6.45) is 0.472. The number of non-ortho nitro benzene ring substituents is 1. The molecule has 0 aliphatic carbocycles. The van der Waals surface area contributed by atoms with E-state index < -0.39 is 22.7 Å². The van der Waals surface area contributed by atoms with Crippen LogP contribution in [0.2, 0.25) is 0 Å². The summed E-state index contributed by atoms with van der Waals surface area (Å²) < 4.78 is 5.04. The first kappa shape index (κ1) is 21.2. The molecular formula is C22H22N2O6. The van der Waals surface area contributed by atoms with E-state index in [4.69, 9.17) is 4.74 Å². The topological polar surface area (TPSA) is 110 Å². The molecule has 2 aromatic rings. The Labute approximate surface area is 173 Å². The monoisotopic (exact) mass is 410 g/mol. The number of nitro groups is 1. The fourth-order valence-electron chi connectivity index (χ4n) is 3.51. The molecule has 30 heavy (non-hydrogen) atoms. The Hall–Kier alpha value is -3.52. The molecule has 156 valence electrons. The molecule has 1 amide bonds. The lowest BCUT2D eigenvalue weighted by Gasteiger charge is -2.25. The van der Waals surface area contributed by atoms with Crippen LogP contribution < -0.4 is 0 Å². The zero-order chi connectivity index (χ0) is 21.8. The van der Waals surface area contributed by atoms with Gasteiger partial charge in [0.2, 0.25) is 0 Å². The molecule has 3 rings (SSSR count). The number of aliphatic hydroxyl groups is 1. The fourth-order valence-corrected chi connectivity index (χ4v) is 3.51. The van der Waals surface area contributed by atoms with Gasteiger partial charge in [-0.05, 0) is 18.9 Å². The van der Waals surface area contributed by atoms with Crippen LogP contribution >= 0.6 is 0 Å². The van der Waals surface area contributed by atoms with Crippen LogP contribution in [0.1, 0.15) is 29.2 Å². The smallest absolute Gasteiger partial charge is 0.295 e. The minimum atomic E-state index is -0.928. The van der Waals surface area contributed by atoms with Crippen LogP contribution in [0.4, 0.5) is 5.69 Å². The summed E-state index contributed by atoms with van der Waals surface area (Å²) in [6.45, 7) is 2.47. The molecule has 0 saturated carbocycles. The molecule has 1 N–H and O–H groups in total. The van der Waals surface area contributed by atoms with Gasteiger partial charge in [0.25, 0.3) is 17.4 Å². The first-order chi connectivity index (χ1) is 14.3. The van der Waals surface area contributed by atoms with Crippen molar-refractivity contribution in [2.45, 2.75) is 19.4 Å². The number of ether oxygens (including phenoxy) is 1. The van der Waals surface area contributed by atoms with Crippen LogP contribution in [0.25, 0.3) is 5.76 Å². The van der Waals surface area contributed by atoms with E-state index in [1.54, 1.807) is 30.3 Å². The van der Waals surface area contributed by atoms with Crippen molar-refractivity contribution in [1.29, 1.82) is 0 Å². The predicted molar refractivity (Wildman–Crippen MR) is 110 cm³/mol. The van der Waals surface area contributed by atoms with E-state index in [2.05, 4.69) is 0 Å². The summed E-state index contributed by atoms with van der Waals surface area (Å²) in [5, 5.41) is 22.2. The Bertz CT molecular complexity index is 1010. The Morgan fingerprint density at radius 3 is 2.53 bits per heavy atom. The van der Waals surface area contributed by atoms with Crippen molar-refractivity contribution in [2.24, 2.45) is 0 Å². The zero-order valence-electron chi connectivity index (χ0n) is 16.7. The number of ketones is 1. The number of hydrogen-bond donors (Lipinski definition) is 1. The summed E-state index contributed by atoms with van der Waals surface area (Å²) in [7, 11) is 1.53. The maximum absolute atomic E-state index is 12.9. The van der Waals surface area contributed by atoms with Crippen molar-refractivity contribution in [2.75, 3.05) is 20.3 Å². The molecule has 0 radical (unpaired) electrons. The van der Waals surface area contributed by atoms with Gasteiger partial charge in [0.15, 0.2) is 0 Å². The van der Waals surface area contributed by atoms with E-state index in [0.29, 0.717) is 24.2 Å². The number of nitrogens with zero attached hydrogens (tertiary/aromatic N) is 2. The second-order valence-corrected chi connectivity index (χ2v) is 7.06. The number of nitro benzene ring substituents is 1. The summed E-state index contributed by atoms with van der Waals surface area (Å²) in [5.41, 5.74) is 1.51. The van der Waals surface area contributed by atoms with Gasteiger partial charge >= 0.3 is 0 Å². The Balaban J connectivity index is 2.15. The molecule has 0 unspecified atom stereocenters. The number of carbonyl (C=O) groups is 2. The molecule has 1 fully saturated rings. The fraction of sp³-hybridized carbons (Fsp3) is 0.273. The molecule has 0 aromatic heterocycles. The molecule has 1 aliphatic rings. The van der Waals surface area contributed by atoms with Crippen molar-refractivity contribution in [1.82, 2.24) is 4.90 Å². The standard InChI is InChI=1S/C22H22N2O6/c1-14-7-9-15(10-8-14)20(25)18-19(16-5-3-6-17(13-16)24(28)29)23(11-4-12-30-2)22(27)21(18)26/h3,5-10,13,19,25H,4,11-12H2,1-2H3/t19-/m0/s1. The molecule has 1 aliphatic heterocycles. The van der Waals surface area contributed by atoms with Gasteiger partial charge in [-0.3, -0.25) is 19.7 Å². The first-order valence-corrected chi connectivity index (χ1v) is 9.44. The van der Waals surface area contributed by atoms with Crippen molar-refractivity contribution in [3.8, 4) is 0 Å². The Morgan fingerprint density at radius 2 is 1.90 bits per heavy atom. The highest BCUT2D eigenvalue weighted by Gasteiger charge is 2.46. The number of amides is 1. The summed E-state index contributed by atoms with van der Waals surface area (Å²) in [5.74, 6) is -1.88. The van der Waals surface area contributed by atoms with E-state index in [9.17, 15) is 24.8 Å². The van der Waals surface area contributed by atoms with Crippen LogP contribution in [-0.2, 0) is 14.3 Å². The van der Waals surface area contributed by atoms with Gasteiger partial charge in [0, 0.05) is 38.0 Å². The van der Waals surface area contributed by atoms with Gasteiger partial charge in [-0.2, -0.15) is 0 Å². The molecule has 0 bridgehead atoms. The quantitative estimate of drug-likeness (QED) is 0.187. The number of hydrogen-bond acceptors (Lipinski definition) is 6. The predicted octanol–water partition coefficient (Wildman–Crippen LogP) is 3.36. The molecule has 0 spiro atoms. The van der Waals surface area contributed by atoms with Crippen LogP contribution in [0.3, 0.4) is 0 Å². The Kier molecular flexibility index (Phi) is 6.27. The summed E-state index contributed by atoms with van der Waals surface area (Å²) >= 11 is 0. The molecule has 1 saturated heterocycles. The van der Waals surface area contributed by atoms with Gasteiger partial charge < -0.3 is 14.7 Å². The van der Waals surface area contributed by atoms with Crippen LogP contribution in [-0.4, -0.2) is 46.9 Å². The number of benzene rings is 2. The van der Waals surface area contributed by atoms with E-state index in [0.717, 1.165) is 5.56 Å². The molecular weight excluding hydrogens is 388 g/mol. The Morgan fingerprint density at radius 1 is 1.20 bits per heavy atom. The lowest BCUT2D eigenvalue weighted by atomic mass is 9.94. The molecule has 1 heterocycles. The maximum Gasteiger partial charge on any atom is 0.295 e. The molecule has 8 nitrogen and oxygen atoms in total. The second kappa shape index (κ2) is 8.87. The number of aryl methyl sites for hydroxylation is 1. The van der Waals surface area contributed by atoms with Gasteiger partial charge in [-0.15, -0.1) is 0 Å². The van der Waals surface area contributed by atoms with Crippen molar-refractivity contribution in [3.63, 3.8) is 0 Å². The molecule has 1 atom stereocenters. The summed E-state index contributed by atoms with van der Waals surface area (Å²) in [6, 6.07) is 11.7. The number of carbonyl (C=O) groups excluding carboxylic acids is 2. The molecule has 2 aromatic carbocycles. The third-order valence-electron chi connectivity index (χ3n) is 5.01. The van der Waals surface area contributed by atoms with Crippen LogP contribution in [0, 0.1) is 17.0 Å². The summed E-state index contributed by atoms with van der Waals surface area (Å²) in [4.78, 5) is 37.6. The van der Waals surface area contributed by atoms with E-state index in [1.807, 2.05) is 6.92 Å². The van der Waals surface area contributed by atoms with Crippen molar-refractivity contribution < 1.29 is 24.4 Å². The number of rotatable bonds is 7.